The van der Waals surface area contributed by atoms with Gasteiger partial charge in [-0.1, -0.05) is 54.1 Å². The van der Waals surface area contributed by atoms with Crippen LogP contribution in [0.2, 0.25) is 0 Å². The van der Waals surface area contributed by atoms with E-state index in [1.165, 1.54) is 18.2 Å². The van der Waals surface area contributed by atoms with Crippen LogP contribution in [0, 0.1) is 17.0 Å². The fourth-order valence-corrected chi connectivity index (χ4v) is 3.22. The van der Waals surface area contributed by atoms with Crippen molar-refractivity contribution in [2.45, 2.75) is 13.5 Å². The van der Waals surface area contributed by atoms with Gasteiger partial charge in [-0.25, -0.2) is 5.01 Å². The first kappa shape index (κ1) is 20.8. The highest BCUT2D eigenvalue weighted by molar-refractivity contribution is 6.31. The van der Waals surface area contributed by atoms with Gasteiger partial charge in [0.15, 0.2) is 5.75 Å². The maximum absolute atomic E-state index is 12.7. The molecule has 32 heavy (non-hydrogen) atoms. The first-order valence-corrected chi connectivity index (χ1v) is 9.81. The third-order valence-corrected chi connectivity index (χ3v) is 4.91. The summed E-state index contributed by atoms with van der Waals surface area (Å²) < 4.78 is 5.65. The molecule has 1 saturated heterocycles. The molecule has 0 aromatic heterocycles. The molecule has 160 valence electrons. The van der Waals surface area contributed by atoms with Crippen molar-refractivity contribution in [1.29, 1.82) is 0 Å². The molecule has 0 saturated carbocycles. The van der Waals surface area contributed by atoms with Gasteiger partial charge in [0.05, 0.1) is 10.6 Å². The second kappa shape index (κ2) is 8.73. The Labute approximate surface area is 183 Å². The highest BCUT2D eigenvalue weighted by atomic mass is 16.6. The Morgan fingerprint density at radius 2 is 1.75 bits per heavy atom. The predicted molar refractivity (Wildman–Crippen MR) is 119 cm³/mol. The van der Waals surface area contributed by atoms with Gasteiger partial charge < -0.3 is 4.74 Å². The number of amides is 2. The van der Waals surface area contributed by atoms with Crippen LogP contribution in [0.25, 0.3) is 6.08 Å². The van der Waals surface area contributed by atoms with E-state index in [2.05, 4.69) is 5.43 Å². The molecule has 1 N–H and O–H groups in total. The van der Waals surface area contributed by atoms with Crippen LogP contribution in [0.1, 0.15) is 16.7 Å². The summed E-state index contributed by atoms with van der Waals surface area (Å²) in [4.78, 5) is 36.1. The Hall–Kier alpha value is -4.46. The van der Waals surface area contributed by atoms with E-state index in [0.717, 1.165) is 16.1 Å². The van der Waals surface area contributed by atoms with Gasteiger partial charge >= 0.3 is 5.69 Å². The zero-order valence-electron chi connectivity index (χ0n) is 17.1. The molecular weight excluding hydrogens is 410 g/mol. The SMILES string of the molecule is Cc1ccc(COc2ccc(C=C3C(=O)NN(c4ccccc4)C3=O)cc2[N+](=O)[O-])cc1. The summed E-state index contributed by atoms with van der Waals surface area (Å²) in [5.41, 5.74) is 4.97. The lowest BCUT2D eigenvalue weighted by molar-refractivity contribution is -0.386. The average Bonchev–Trinajstić information content (AvgIpc) is 3.08. The molecule has 4 rings (SSSR count). The Morgan fingerprint density at radius 1 is 1.03 bits per heavy atom. The van der Waals surface area contributed by atoms with Crippen LogP contribution in [0.15, 0.2) is 78.4 Å². The summed E-state index contributed by atoms with van der Waals surface area (Å²) in [6.07, 6.45) is 1.33. The summed E-state index contributed by atoms with van der Waals surface area (Å²) in [5.74, 6) is -1.02. The number of ether oxygens (including phenoxy) is 1. The number of nitrogens with one attached hydrogen (secondary N) is 1. The molecular formula is C24H19N3O5. The molecule has 2 amide bonds. The van der Waals surface area contributed by atoms with Crippen molar-refractivity contribution >= 4 is 29.3 Å². The van der Waals surface area contributed by atoms with Crippen molar-refractivity contribution in [2.75, 3.05) is 5.01 Å². The van der Waals surface area contributed by atoms with E-state index in [1.54, 1.807) is 36.4 Å². The standard InChI is InChI=1S/C24H19N3O5/c1-16-7-9-17(10-8-16)15-32-22-12-11-18(14-21(22)27(30)31)13-20-23(28)25-26(24(20)29)19-5-3-2-4-6-19/h2-14H,15H2,1H3,(H,25,28). The molecule has 0 spiro atoms. The molecule has 0 atom stereocenters. The van der Waals surface area contributed by atoms with Gasteiger partial charge in [-0.3, -0.25) is 25.1 Å². The molecule has 3 aromatic carbocycles. The maximum Gasteiger partial charge on any atom is 0.311 e. The summed E-state index contributed by atoms with van der Waals surface area (Å²) in [6.45, 7) is 2.14. The van der Waals surface area contributed by atoms with Gasteiger partial charge in [0.1, 0.15) is 12.2 Å². The monoisotopic (exact) mass is 429 g/mol. The summed E-state index contributed by atoms with van der Waals surface area (Å²) in [7, 11) is 0. The minimum atomic E-state index is -0.582. The van der Waals surface area contributed by atoms with Crippen LogP contribution >= 0.6 is 0 Å². The molecule has 0 bridgehead atoms. The van der Waals surface area contributed by atoms with E-state index in [9.17, 15) is 19.7 Å². The largest absolute Gasteiger partial charge is 0.482 e. The van der Waals surface area contributed by atoms with Crippen molar-refractivity contribution in [3.63, 3.8) is 0 Å². The van der Waals surface area contributed by atoms with Gasteiger partial charge in [-0.05, 0) is 42.3 Å². The summed E-state index contributed by atoms with van der Waals surface area (Å²) in [6, 6.07) is 20.6. The molecule has 8 nitrogen and oxygen atoms in total. The Morgan fingerprint density at radius 3 is 2.44 bits per heavy atom. The van der Waals surface area contributed by atoms with Crippen molar-refractivity contribution in [3.05, 3.63) is 105 Å². The Balaban J connectivity index is 1.57. The lowest BCUT2D eigenvalue weighted by atomic mass is 10.1. The number of rotatable bonds is 6. The predicted octanol–water partition coefficient (Wildman–Crippen LogP) is 3.94. The second-order valence-corrected chi connectivity index (χ2v) is 7.23. The zero-order chi connectivity index (χ0) is 22.7. The number of hydrazine groups is 1. The fraction of sp³-hybridized carbons (Fsp3) is 0.0833. The summed E-state index contributed by atoms with van der Waals surface area (Å²) in [5, 5.41) is 12.7. The third kappa shape index (κ3) is 4.34. The van der Waals surface area contributed by atoms with Crippen molar-refractivity contribution < 1.29 is 19.2 Å². The molecule has 0 unspecified atom stereocenters. The lowest BCUT2D eigenvalue weighted by Crippen LogP contribution is -2.35. The first-order chi connectivity index (χ1) is 15.4. The van der Waals surface area contributed by atoms with E-state index >= 15 is 0 Å². The first-order valence-electron chi connectivity index (χ1n) is 9.81. The Kier molecular flexibility index (Phi) is 5.67. The van der Waals surface area contributed by atoms with Crippen molar-refractivity contribution in [3.8, 4) is 5.75 Å². The number of hydrogen-bond acceptors (Lipinski definition) is 5. The van der Waals surface area contributed by atoms with E-state index in [4.69, 9.17) is 4.74 Å². The topological polar surface area (TPSA) is 102 Å². The van der Waals surface area contributed by atoms with Crippen molar-refractivity contribution in [2.24, 2.45) is 0 Å². The van der Waals surface area contributed by atoms with Gasteiger partial charge in [0.25, 0.3) is 11.8 Å². The number of carbonyl (C=O) groups excluding carboxylic acids is 2. The minimum absolute atomic E-state index is 0.103. The molecule has 1 fully saturated rings. The highest BCUT2D eigenvalue weighted by Crippen LogP contribution is 2.30. The zero-order valence-corrected chi connectivity index (χ0v) is 17.1. The van der Waals surface area contributed by atoms with Gasteiger partial charge in [0, 0.05) is 6.07 Å². The van der Waals surface area contributed by atoms with Crippen LogP contribution in [0.3, 0.4) is 0 Å². The minimum Gasteiger partial charge on any atom is -0.482 e. The lowest BCUT2D eigenvalue weighted by Gasteiger charge is -2.13. The fourth-order valence-electron chi connectivity index (χ4n) is 3.22. The highest BCUT2D eigenvalue weighted by Gasteiger charge is 2.34. The molecule has 0 aliphatic carbocycles. The van der Waals surface area contributed by atoms with E-state index in [1.807, 2.05) is 31.2 Å². The number of carbonyl (C=O) groups is 2. The number of anilines is 1. The molecule has 3 aromatic rings. The van der Waals surface area contributed by atoms with Gasteiger partial charge in [-0.2, -0.15) is 0 Å². The van der Waals surface area contributed by atoms with E-state index in [0.29, 0.717) is 11.3 Å². The number of nitrogens with zero attached hydrogens (tertiary/aromatic N) is 2. The molecule has 0 radical (unpaired) electrons. The number of hydrogen-bond donors (Lipinski definition) is 1. The molecule has 1 aliphatic rings. The number of nitro benzene ring substituents is 1. The molecule has 1 aliphatic heterocycles. The third-order valence-electron chi connectivity index (χ3n) is 4.91. The molecule has 1 heterocycles. The maximum atomic E-state index is 12.7. The summed E-state index contributed by atoms with van der Waals surface area (Å²) >= 11 is 0. The van der Waals surface area contributed by atoms with E-state index in [-0.39, 0.29) is 23.6 Å². The number of nitro groups is 1. The number of benzene rings is 3. The van der Waals surface area contributed by atoms with Crippen LogP contribution in [0.4, 0.5) is 11.4 Å². The molecule has 8 heteroatoms. The van der Waals surface area contributed by atoms with Crippen LogP contribution in [-0.4, -0.2) is 16.7 Å². The van der Waals surface area contributed by atoms with Crippen LogP contribution in [0.5, 0.6) is 5.75 Å². The quantitative estimate of drug-likeness (QED) is 0.277. The smallest absolute Gasteiger partial charge is 0.311 e. The number of para-hydroxylation sites is 1. The van der Waals surface area contributed by atoms with Gasteiger partial charge in [-0.15, -0.1) is 0 Å². The Bertz CT molecular complexity index is 1220. The number of aryl methyl sites for hydroxylation is 1. The van der Waals surface area contributed by atoms with E-state index < -0.39 is 16.7 Å². The van der Waals surface area contributed by atoms with Gasteiger partial charge in [0.2, 0.25) is 0 Å². The van der Waals surface area contributed by atoms with Crippen LogP contribution < -0.4 is 15.2 Å². The van der Waals surface area contributed by atoms with Crippen LogP contribution in [-0.2, 0) is 16.2 Å². The normalized spacial score (nSPS) is 14.5. The van der Waals surface area contributed by atoms with Crippen molar-refractivity contribution in [1.82, 2.24) is 5.43 Å². The second-order valence-electron chi connectivity index (χ2n) is 7.23. The average molecular weight is 429 g/mol.